The van der Waals surface area contributed by atoms with Crippen molar-refractivity contribution in [3.05, 3.63) is 23.2 Å². The fourth-order valence-electron chi connectivity index (χ4n) is 3.75. The first-order valence-corrected chi connectivity index (χ1v) is 12.1. The number of rotatable bonds is 14. The van der Waals surface area contributed by atoms with Crippen LogP contribution in [0.5, 0.6) is 0 Å². The summed E-state index contributed by atoms with van der Waals surface area (Å²) in [6.45, 7) is 3.16. The molecule has 0 amide bonds. The van der Waals surface area contributed by atoms with Gasteiger partial charge in [0.05, 0.1) is 31.9 Å². The largest absolute Gasteiger partial charge is 0.482 e. The molecule has 0 aromatic carbocycles. The topological polar surface area (TPSA) is 239 Å². The van der Waals surface area contributed by atoms with Crippen LogP contribution >= 0.6 is 0 Å². The second kappa shape index (κ2) is 15.0. The summed E-state index contributed by atoms with van der Waals surface area (Å²) in [6, 6.07) is 0. The molecule has 0 bridgehead atoms. The van der Waals surface area contributed by atoms with Crippen LogP contribution in [0.3, 0.4) is 0 Å². The van der Waals surface area contributed by atoms with Gasteiger partial charge in [0, 0.05) is 58.4 Å². The van der Waals surface area contributed by atoms with Gasteiger partial charge in [0.2, 0.25) is 11.6 Å². The minimum atomic E-state index is -1.23. The fourth-order valence-corrected chi connectivity index (χ4v) is 3.75. The Balaban J connectivity index is 0.000000256. The molecule has 17 nitrogen and oxygen atoms in total. The Morgan fingerprint density at radius 1 is 0.650 bits per heavy atom. The Hall–Kier alpha value is -4.00. The van der Waals surface area contributed by atoms with Crippen molar-refractivity contribution in [2.45, 2.75) is 0 Å². The summed E-state index contributed by atoms with van der Waals surface area (Å²) >= 11 is 0. The van der Waals surface area contributed by atoms with Gasteiger partial charge in [-0.05, 0) is 0 Å². The first kappa shape index (κ1) is 32.2. The van der Waals surface area contributed by atoms with Crippen LogP contribution in [0.25, 0.3) is 0 Å². The number of ketones is 2. The number of carbonyl (C=O) groups excluding carboxylic acids is 2. The van der Waals surface area contributed by atoms with Crippen molar-refractivity contribution in [2.75, 3.05) is 78.5 Å². The van der Waals surface area contributed by atoms with Crippen LogP contribution < -0.4 is 0 Å². The smallest absolute Gasteiger partial charge is 0.480 e. The third-order valence-electron chi connectivity index (χ3n) is 5.66. The zero-order chi connectivity index (χ0) is 30.0. The molecule has 3 aliphatic heterocycles. The number of nitrogens with zero attached hydrogens (tertiary/aromatic N) is 5. The third-order valence-corrected chi connectivity index (χ3v) is 5.66. The standard InChI is InChI=1S/C12H13N3O2.C10H16N2O8.BH2O2/c16-9-7-8(13-1-2-13)12(17)11(15-5-6-15)10(9)14-3-4-14;13-7(14)3-11(4-8(15)16)1-2-12(5-9(17)18)6-10(19)20;2-1-3/h7H,1-6H2;1-6H2,(H,13,14)(H,15,16)(H,17,18)(H,19,20);2-3H. The highest BCUT2D eigenvalue weighted by atomic mass is 16.4. The van der Waals surface area contributed by atoms with E-state index in [2.05, 4.69) is 0 Å². The van der Waals surface area contributed by atoms with Crippen molar-refractivity contribution in [1.29, 1.82) is 0 Å². The minimum Gasteiger partial charge on any atom is -0.480 e. The Labute approximate surface area is 229 Å². The molecule has 3 saturated heterocycles. The van der Waals surface area contributed by atoms with E-state index in [0.717, 1.165) is 49.1 Å². The van der Waals surface area contributed by atoms with E-state index in [1.54, 1.807) is 0 Å². The summed E-state index contributed by atoms with van der Waals surface area (Å²) in [5.41, 5.74) is 1.89. The van der Waals surface area contributed by atoms with E-state index in [-0.39, 0.29) is 32.3 Å². The minimum absolute atomic E-state index is 0. The van der Waals surface area contributed by atoms with Crippen LogP contribution in [0.1, 0.15) is 0 Å². The van der Waals surface area contributed by atoms with Gasteiger partial charge in [0.15, 0.2) is 0 Å². The van der Waals surface area contributed by atoms with Crippen LogP contribution in [0.15, 0.2) is 23.2 Å². The normalized spacial score (nSPS) is 17.0. The molecule has 0 aromatic rings. The van der Waals surface area contributed by atoms with E-state index >= 15 is 0 Å². The van der Waals surface area contributed by atoms with Crippen molar-refractivity contribution in [3.63, 3.8) is 0 Å². The van der Waals surface area contributed by atoms with E-state index < -0.39 is 50.1 Å². The monoisotopic (exact) mass is 568 g/mol. The van der Waals surface area contributed by atoms with Crippen molar-refractivity contribution in [1.82, 2.24) is 24.5 Å². The molecule has 3 heterocycles. The van der Waals surface area contributed by atoms with Gasteiger partial charge >= 0.3 is 31.6 Å². The predicted molar refractivity (Wildman–Crippen MR) is 133 cm³/mol. The van der Waals surface area contributed by atoms with Crippen molar-refractivity contribution in [3.8, 4) is 0 Å². The van der Waals surface area contributed by atoms with Gasteiger partial charge in [-0.15, -0.1) is 0 Å². The first-order chi connectivity index (χ1) is 18.9. The molecule has 0 saturated carbocycles. The number of carbonyl (C=O) groups is 6. The van der Waals surface area contributed by atoms with E-state index in [1.807, 2.05) is 14.7 Å². The molecular formula is C22H31BN5O12. The van der Waals surface area contributed by atoms with Crippen LogP contribution in [0, 0.1) is 0 Å². The van der Waals surface area contributed by atoms with Gasteiger partial charge in [-0.1, -0.05) is 0 Å². The Morgan fingerprint density at radius 3 is 1.27 bits per heavy atom. The summed E-state index contributed by atoms with van der Waals surface area (Å²) in [5, 5.41) is 48.5. The third kappa shape index (κ3) is 11.0. The predicted octanol–water partition coefficient (Wildman–Crippen LogP) is -4.39. The molecule has 40 heavy (non-hydrogen) atoms. The van der Waals surface area contributed by atoms with Gasteiger partial charge in [-0.2, -0.15) is 0 Å². The molecule has 0 aromatic heterocycles. The second-order valence-electron chi connectivity index (χ2n) is 8.99. The number of allylic oxidation sites excluding steroid dienone is 1. The Kier molecular flexibility index (Phi) is 12.1. The van der Waals surface area contributed by atoms with Gasteiger partial charge in [-0.3, -0.25) is 38.6 Å². The van der Waals surface area contributed by atoms with Crippen LogP contribution in [0.4, 0.5) is 0 Å². The Morgan fingerprint density at radius 2 is 0.975 bits per heavy atom. The maximum Gasteiger partial charge on any atom is 0.482 e. The van der Waals surface area contributed by atoms with Gasteiger partial charge < -0.3 is 45.2 Å². The average molecular weight is 568 g/mol. The average Bonchev–Trinajstić information content (AvgIpc) is 3.66. The molecule has 0 unspecified atom stereocenters. The van der Waals surface area contributed by atoms with E-state index in [9.17, 15) is 28.8 Å². The lowest BCUT2D eigenvalue weighted by atomic mass is 10.0. The highest BCUT2D eigenvalue weighted by molar-refractivity contribution is 6.22. The van der Waals surface area contributed by atoms with Crippen molar-refractivity contribution < 1.29 is 59.2 Å². The zero-order valence-corrected chi connectivity index (χ0v) is 21.5. The van der Waals surface area contributed by atoms with Crippen molar-refractivity contribution >= 4 is 43.1 Å². The highest BCUT2D eigenvalue weighted by Crippen LogP contribution is 2.33. The fraction of sp³-hybridized carbons (Fsp3) is 0.545. The number of aliphatic carboxylic acids is 4. The van der Waals surface area contributed by atoms with E-state index in [1.165, 1.54) is 6.08 Å². The molecule has 4 aliphatic rings. The Bertz CT molecular complexity index is 1000. The van der Waals surface area contributed by atoms with Gasteiger partial charge in [0.1, 0.15) is 11.4 Å². The van der Waals surface area contributed by atoms with Gasteiger partial charge in [-0.25, -0.2) is 0 Å². The first-order valence-electron chi connectivity index (χ1n) is 12.1. The molecule has 3 fully saturated rings. The molecule has 0 spiro atoms. The molecule has 4 rings (SSSR count). The van der Waals surface area contributed by atoms with Crippen LogP contribution in [0.2, 0.25) is 0 Å². The maximum absolute atomic E-state index is 12.4. The SMILES string of the molecule is O=C(O)CN(CCN(CC(=O)O)CC(=O)O)CC(=O)O.O=C1C=C(N2CC2)C(=O)C(N2CC2)=C1N1CC1.O[B]O. The highest BCUT2D eigenvalue weighted by Gasteiger charge is 2.43. The summed E-state index contributed by atoms with van der Waals surface area (Å²) < 4.78 is 0. The molecule has 0 atom stereocenters. The van der Waals surface area contributed by atoms with Crippen LogP contribution in [-0.4, -0.2) is 177 Å². The lowest BCUT2D eigenvalue weighted by Gasteiger charge is -2.23. The quantitative estimate of drug-likeness (QED) is 0.0659. The maximum atomic E-state index is 12.4. The second-order valence-corrected chi connectivity index (χ2v) is 8.99. The summed E-state index contributed by atoms with van der Waals surface area (Å²) in [7, 11) is 0. The number of Topliss-reactive ketones (excluding diaryl/α,β-unsaturated/α-hetero) is 1. The lowest BCUT2D eigenvalue weighted by Crippen LogP contribution is -2.43. The van der Waals surface area contributed by atoms with Crippen molar-refractivity contribution in [2.24, 2.45) is 0 Å². The molecule has 1 aliphatic carbocycles. The van der Waals surface area contributed by atoms with Crippen LogP contribution in [-0.2, 0) is 28.8 Å². The molecular weight excluding hydrogens is 537 g/mol. The zero-order valence-electron chi connectivity index (χ0n) is 21.5. The lowest BCUT2D eigenvalue weighted by molar-refractivity contribution is -0.145. The number of carboxylic acids is 4. The van der Waals surface area contributed by atoms with E-state index in [4.69, 9.17) is 30.5 Å². The van der Waals surface area contributed by atoms with E-state index in [0.29, 0.717) is 17.1 Å². The summed E-state index contributed by atoms with van der Waals surface area (Å²) in [4.78, 5) is 74.8. The molecule has 219 valence electrons. The number of hydrogen-bond acceptors (Lipinski definition) is 13. The van der Waals surface area contributed by atoms with Gasteiger partial charge in [0.25, 0.3) is 0 Å². The number of hydrogen-bond donors (Lipinski definition) is 6. The molecule has 18 heteroatoms. The molecule has 6 N–H and O–H groups in total. The molecule has 1 radical (unpaired) electrons. The summed E-state index contributed by atoms with van der Waals surface area (Å²) in [5.74, 6) is -4.86. The number of carboxylic acid groups (broad SMARTS) is 4. The summed E-state index contributed by atoms with van der Waals surface area (Å²) in [6.07, 6.45) is 1.52.